The number of aromatic nitrogens is 2. The minimum atomic E-state index is 0.139. The van der Waals surface area contributed by atoms with Crippen molar-refractivity contribution in [2.75, 3.05) is 0 Å². The lowest BCUT2D eigenvalue weighted by atomic mass is 9.91. The van der Waals surface area contributed by atoms with Crippen LogP contribution in [0.4, 0.5) is 0 Å². The summed E-state index contributed by atoms with van der Waals surface area (Å²) in [5.74, 6) is 1.67. The van der Waals surface area contributed by atoms with Crippen molar-refractivity contribution in [2.45, 2.75) is 50.9 Å². The zero-order chi connectivity index (χ0) is 14.7. The van der Waals surface area contributed by atoms with Crippen molar-refractivity contribution in [3.05, 3.63) is 29.0 Å². The van der Waals surface area contributed by atoms with Gasteiger partial charge in [0, 0.05) is 5.92 Å². The van der Waals surface area contributed by atoms with Gasteiger partial charge in [-0.1, -0.05) is 48.9 Å². The van der Waals surface area contributed by atoms with Crippen molar-refractivity contribution in [3.8, 4) is 17.2 Å². The van der Waals surface area contributed by atoms with Gasteiger partial charge in [-0.2, -0.15) is 4.98 Å². The average molecular weight is 307 g/mol. The second-order valence-electron chi connectivity index (χ2n) is 5.66. The van der Waals surface area contributed by atoms with E-state index in [0.29, 0.717) is 22.4 Å². The molecule has 1 saturated carbocycles. The summed E-state index contributed by atoms with van der Waals surface area (Å²) < 4.78 is 5.36. The number of halogens is 1. The van der Waals surface area contributed by atoms with Gasteiger partial charge in [-0.05, 0) is 31.0 Å². The highest BCUT2D eigenvalue weighted by molar-refractivity contribution is 6.33. The number of aromatic hydroxyl groups is 1. The molecule has 0 atom stereocenters. The lowest BCUT2D eigenvalue weighted by molar-refractivity contribution is 0.393. The molecule has 3 rings (SSSR count). The largest absolute Gasteiger partial charge is 0.508 e. The Bertz CT molecular complexity index is 604. The molecule has 0 aliphatic heterocycles. The minimum absolute atomic E-state index is 0.139. The third-order valence-corrected chi connectivity index (χ3v) is 4.42. The zero-order valence-corrected chi connectivity index (χ0v) is 12.6. The summed E-state index contributed by atoms with van der Waals surface area (Å²) in [6.07, 6.45) is 8.60. The first-order valence-electron chi connectivity index (χ1n) is 7.56. The summed E-state index contributed by atoms with van der Waals surface area (Å²) >= 11 is 6.13. The Labute approximate surface area is 129 Å². The van der Waals surface area contributed by atoms with Crippen molar-refractivity contribution < 1.29 is 9.63 Å². The molecule has 1 aliphatic rings. The molecule has 0 bridgehead atoms. The van der Waals surface area contributed by atoms with E-state index in [1.54, 1.807) is 12.1 Å². The number of phenolic OH excluding ortho intramolecular Hbond substituents is 1. The van der Waals surface area contributed by atoms with Gasteiger partial charge >= 0.3 is 0 Å². The number of phenols is 1. The van der Waals surface area contributed by atoms with Gasteiger partial charge in [0.05, 0.1) is 10.6 Å². The van der Waals surface area contributed by atoms with Crippen LogP contribution in [0.3, 0.4) is 0 Å². The van der Waals surface area contributed by atoms with Crippen LogP contribution < -0.4 is 0 Å². The smallest absolute Gasteiger partial charge is 0.259 e. The highest BCUT2D eigenvalue weighted by atomic mass is 35.5. The fraction of sp³-hybridized carbons (Fsp3) is 0.500. The molecule has 1 fully saturated rings. The normalized spacial score (nSPS) is 17.4. The van der Waals surface area contributed by atoms with E-state index in [0.717, 1.165) is 18.7 Å². The molecular formula is C16H19ClN2O2. The van der Waals surface area contributed by atoms with Crippen LogP contribution in [0.2, 0.25) is 5.02 Å². The number of benzene rings is 1. The summed E-state index contributed by atoms with van der Waals surface area (Å²) in [4.78, 5) is 4.51. The topological polar surface area (TPSA) is 59.2 Å². The highest BCUT2D eigenvalue weighted by Crippen LogP contribution is 2.33. The zero-order valence-electron chi connectivity index (χ0n) is 11.9. The summed E-state index contributed by atoms with van der Waals surface area (Å²) in [6.45, 7) is 0. The van der Waals surface area contributed by atoms with Gasteiger partial charge in [0.25, 0.3) is 5.89 Å². The van der Waals surface area contributed by atoms with Crippen LogP contribution in [0.1, 0.15) is 56.7 Å². The Hall–Kier alpha value is -1.55. The molecular weight excluding hydrogens is 288 g/mol. The molecule has 1 aliphatic carbocycles. The van der Waals surface area contributed by atoms with E-state index in [1.165, 1.54) is 38.2 Å². The molecule has 0 radical (unpaired) electrons. The van der Waals surface area contributed by atoms with E-state index < -0.39 is 0 Å². The van der Waals surface area contributed by atoms with Crippen LogP contribution in [0, 0.1) is 0 Å². The summed E-state index contributed by atoms with van der Waals surface area (Å²) in [6, 6.07) is 4.72. The molecule has 1 aromatic heterocycles. The lowest BCUT2D eigenvalue weighted by Crippen LogP contribution is -2.04. The quantitative estimate of drug-likeness (QED) is 0.855. The van der Waals surface area contributed by atoms with Crippen LogP contribution in [0.15, 0.2) is 22.7 Å². The number of hydrogen-bond acceptors (Lipinski definition) is 4. The van der Waals surface area contributed by atoms with Crippen LogP contribution in [0.25, 0.3) is 11.5 Å². The maximum Gasteiger partial charge on any atom is 0.259 e. The second-order valence-corrected chi connectivity index (χ2v) is 6.07. The molecule has 0 amide bonds. The van der Waals surface area contributed by atoms with Gasteiger partial charge in [0.2, 0.25) is 0 Å². The fourth-order valence-electron chi connectivity index (χ4n) is 2.90. The van der Waals surface area contributed by atoms with Crippen molar-refractivity contribution in [3.63, 3.8) is 0 Å². The van der Waals surface area contributed by atoms with E-state index in [1.807, 2.05) is 0 Å². The van der Waals surface area contributed by atoms with Crippen LogP contribution >= 0.6 is 11.6 Å². The minimum Gasteiger partial charge on any atom is -0.508 e. The number of hydrogen-bond donors (Lipinski definition) is 1. The fourth-order valence-corrected chi connectivity index (χ4v) is 3.10. The molecule has 1 aromatic carbocycles. The highest BCUT2D eigenvalue weighted by Gasteiger charge is 2.21. The Morgan fingerprint density at radius 1 is 1.10 bits per heavy atom. The Morgan fingerprint density at radius 3 is 2.57 bits per heavy atom. The van der Waals surface area contributed by atoms with Gasteiger partial charge in [-0.3, -0.25) is 0 Å². The molecule has 21 heavy (non-hydrogen) atoms. The van der Waals surface area contributed by atoms with Crippen molar-refractivity contribution in [1.82, 2.24) is 10.1 Å². The van der Waals surface area contributed by atoms with Gasteiger partial charge in [0.1, 0.15) is 5.75 Å². The van der Waals surface area contributed by atoms with Crippen molar-refractivity contribution >= 4 is 11.6 Å². The van der Waals surface area contributed by atoms with E-state index >= 15 is 0 Å². The Kier molecular flexibility index (Phi) is 4.44. The maximum absolute atomic E-state index is 9.57. The van der Waals surface area contributed by atoms with Crippen LogP contribution in [-0.2, 0) is 0 Å². The molecule has 112 valence electrons. The van der Waals surface area contributed by atoms with Gasteiger partial charge in [-0.15, -0.1) is 0 Å². The Balaban J connectivity index is 1.83. The molecule has 5 heteroatoms. The molecule has 0 unspecified atom stereocenters. The van der Waals surface area contributed by atoms with E-state index in [-0.39, 0.29) is 5.75 Å². The molecule has 0 spiro atoms. The van der Waals surface area contributed by atoms with Gasteiger partial charge in [0.15, 0.2) is 5.82 Å². The predicted molar refractivity (Wildman–Crippen MR) is 81.5 cm³/mol. The Morgan fingerprint density at radius 2 is 1.81 bits per heavy atom. The summed E-state index contributed by atoms with van der Waals surface area (Å²) in [5, 5.41) is 14.2. The molecule has 2 aromatic rings. The van der Waals surface area contributed by atoms with E-state index in [9.17, 15) is 5.11 Å². The van der Waals surface area contributed by atoms with Crippen LogP contribution in [-0.4, -0.2) is 15.2 Å². The third-order valence-electron chi connectivity index (χ3n) is 4.09. The lowest BCUT2D eigenvalue weighted by Gasteiger charge is -2.15. The van der Waals surface area contributed by atoms with Gasteiger partial charge in [-0.25, -0.2) is 0 Å². The van der Waals surface area contributed by atoms with Gasteiger partial charge < -0.3 is 9.63 Å². The summed E-state index contributed by atoms with van der Waals surface area (Å²) in [7, 11) is 0. The SMILES string of the molecule is Oc1ccc(Cl)c(-c2nc(C3CCCCCCC3)no2)c1. The first kappa shape index (κ1) is 14.4. The van der Waals surface area contributed by atoms with Crippen molar-refractivity contribution in [2.24, 2.45) is 0 Å². The van der Waals surface area contributed by atoms with Crippen molar-refractivity contribution in [1.29, 1.82) is 0 Å². The predicted octanol–water partition coefficient (Wildman–Crippen LogP) is 4.92. The maximum atomic E-state index is 9.57. The monoisotopic (exact) mass is 306 g/mol. The van der Waals surface area contributed by atoms with E-state index in [4.69, 9.17) is 16.1 Å². The molecule has 0 saturated heterocycles. The first-order valence-corrected chi connectivity index (χ1v) is 7.94. The average Bonchev–Trinajstić information content (AvgIpc) is 2.90. The van der Waals surface area contributed by atoms with Crippen LogP contribution in [0.5, 0.6) is 5.75 Å². The first-order chi connectivity index (χ1) is 10.2. The molecule has 4 nitrogen and oxygen atoms in total. The molecule has 1 heterocycles. The van der Waals surface area contributed by atoms with E-state index in [2.05, 4.69) is 10.1 Å². The second kappa shape index (κ2) is 6.48. The summed E-state index contributed by atoms with van der Waals surface area (Å²) in [5.41, 5.74) is 0.585. The standard InChI is InChI=1S/C16H19ClN2O2/c17-14-9-8-12(20)10-13(14)16-18-15(19-21-16)11-6-4-2-1-3-5-7-11/h8-11,20H,1-7H2. The third kappa shape index (κ3) is 3.38. The number of rotatable bonds is 2. The number of nitrogens with zero attached hydrogens (tertiary/aromatic N) is 2. The molecule has 1 N–H and O–H groups in total.